The van der Waals surface area contributed by atoms with Gasteiger partial charge < -0.3 is 5.32 Å². The summed E-state index contributed by atoms with van der Waals surface area (Å²) >= 11 is 3.16. The summed E-state index contributed by atoms with van der Waals surface area (Å²) in [5.74, 6) is 0. The zero-order valence-corrected chi connectivity index (χ0v) is 11.3. The SMILES string of the molecule is CNc1nnc(Sc2ccnc3ccccc23)s1. The van der Waals surface area contributed by atoms with Gasteiger partial charge in [0.05, 0.1) is 5.52 Å². The molecule has 0 amide bonds. The van der Waals surface area contributed by atoms with Gasteiger partial charge in [-0.2, -0.15) is 0 Å². The van der Waals surface area contributed by atoms with Gasteiger partial charge in [-0.25, -0.2) is 0 Å². The Morgan fingerprint density at radius 3 is 2.89 bits per heavy atom. The van der Waals surface area contributed by atoms with Crippen molar-refractivity contribution in [2.75, 3.05) is 12.4 Å². The van der Waals surface area contributed by atoms with E-state index in [0.29, 0.717) is 0 Å². The first-order chi connectivity index (χ1) is 8.86. The van der Waals surface area contributed by atoms with E-state index in [9.17, 15) is 0 Å². The van der Waals surface area contributed by atoms with Crippen molar-refractivity contribution in [3.05, 3.63) is 36.5 Å². The van der Waals surface area contributed by atoms with E-state index in [4.69, 9.17) is 0 Å². The van der Waals surface area contributed by atoms with E-state index in [0.717, 1.165) is 25.3 Å². The van der Waals surface area contributed by atoms with E-state index < -0.39 is 0 Å². The van der Waals surface area contributed by atoms with Crippen LogP contribution in [0.25, 0.3) is 10.9 Å². The van der Waals surface area contributed by atoms with E-state index in [-0.39, 0.29) is 0 Å². The molecular formula is C12H10N4S2. The van der Waals surface area contributed by atoms with Crippen LogP contribution in [0, 0.1) is 0 Å². The number of aromatic nitrogens is 3. The third-order valence-electron chi connectivity index (χ3n) is 2.43. The highest BCUT2D eigenvalue weighted by Crippen LogP contribution is 2.35. The first-order valence-corrected chi connectivity index (χ1v) is 7.03. The van der Waals surface area contributed by atoms with Crippen molar-refractivity contribution in [1.29, 1.82) is 0 Å². The second-order valence-electron chi connectivity index (χ2n) is 3.55. The Hall–Kier alpha value is -1.66. The summed E-state index contributed by atoms with van der Waals surface area (Å²) in [4.78, 5) is 5.50. The van der Waals surface area contributed by atoms with Crippen molar-refractivity contribution in [2.24, 2.45) is 0 Å². The molecule has 0 aliphatic carbocycles. The zero-order valence-electron chi connectivity index (χ0n) is 9.62. The number of hydrogen-bond donors (Lipinski definition) is 1. The second kappa shape index (κ2) is 4.91. The van der Waals surface area contributed by atoms with Gasteiger partial charge in [0, 0.05) is 23.5 Å². The molecule has 1 N–H and O–H groups in total. The molecule has 1 aromatic carbocycles. The fourth-order valence-corrected chi connectivity index (χ4v) is 3.39. The molecule has 3 aromatic rings. The minimum atomic E-state index is 0.830. The van der Waals surface area contributed by atoms with Crippen LogP contribution in [0.5, 0.6) is 0 Å². The van der Waals surface area contributed by atoms with E-state index in [1.165, 1.54) is 0 Å². The van der Waals surface area contributed by atoms with Crippen LogP contribution in [0.1, 0.15) is 0 Å². The largest absolute Gasteiger partial charge is 0.363 e. The minimum Gasteiger partial charge on any atom is -0.363 e. The molecule has 0 spiro atoms. The molecule has 0 saturated carbocycles. The van der Waals surface area contributed by atoms with Gasteiger partial charge in [-0.05, 0) is 12.1 Å². The van der Waals surface area contributed by atoms with Crippen molar-refractivity contribution in [2.45, 2.75) is 9.24 Å². The molecule has 0 radical (unpaired) electrons. The van der Waals surface area contributed by atoms with Gasteiger partial charge in [-0.15, -0.1) is 10.2 Å². The highest BCUT2D eigenvalue weighted by Gasteiger charge is 2.07. The van der Waals surface area contributed by atoms with Crippen molar-refractivity contribution >= 4 is 39.1 Å². The molecule has 90 valence electrons. The summed E-state index contributed by atoms with van der Waals surface area (Å²) in [6, 6.07) is 10.1. The van der Waals surface area contributed by atoms with E-state index in [1.54, 1.807) is 23.1 Å². The number of pyridine rings is 1. The quantitative estimate of drug-likeness (QED) is 0.794. The first-order valence-electron chi connectivity index (χ1n) is 5.39. The number of nitrogens with one attached hydrogen (secondary N) is 1. The fraction of sp³-hybridized carbons (Fsp3) is 0.0833. The Morgan fingerprint density at radius 1 is 1.17 bits per heavy atom. The molecule has 0 fully saturated rings. The maximum Gasteiger partial charge on any atom is 0.206 e. The predicted octanol–water partition coefficient (Wildman–Crippen LogP) is 3.28. The smallest absolute Gasteiger partial charge is 0.206 e. The number of hydrogen-bond acceptors (Lipinski definition) is 6. The summed E-state index contributed by atoms with van der Waals surface area (Å²) in [5, 5.41) is 13.1. The molecular weight excluding hydrogens is 264 g/mol. The van der Waals surface area contributed by atoms with Gasteiger partial charge in [0.2, 0.25) is 5.13 Å². The topological polar surface area (TPSA) is 50.7 Å². The molecule has 4 nitrogen and oxygen atoms in total. The Balaban J connectivity index is 1.99. The lowest BCUT2D eigenvalue weighted by atomic mass is 10.2. The second-order valence-corrected chi connectivity index (χ2v) is 5.82. The number of anilines is 1. The van der Waals surface area contributed by atoms with Crippen LogP contribution in [0.15, 0.2) is 45.8 Å². The molecule has 2 aromatic heterocycles. The summed E-state index contributed by atoms with van der Waals surface area (Å²) in [6.45, 7) is 0. The Bertz CT molecular complexity index is 675. The fourth-order valence-electron chi connectivity index (χ4n) is 1.60. The normalized spacial score (nSPS) is 10.7. The average molecular weight is 274 g/mol. The summed E-state index contributed by atoms with van der Waals surface area (Å²) in [6.07, 6.45) is 1.82. The van der Waals surface area contributed by atoms with Crippen molar-refractivity contribution in [1.82, 2.24) is 15.2 Å². The van der Waals surface area contributed by atoms with Crippen LogP contribution in [-0.4, -0.2) is 22.2 Å². The lowest BCUT2D eigenvalue weighted by Crippen LogP contribution is -1.84. The molecule has 3 rings (SSSR count). The lowest BCUT2D eigenvalue weighted by molar-refractivity contribution is 1.01. The number of para-hydroxylation sites is 1. The highest BCUT2D eigenvalue weighted by atomic mass is 32.2. The number of fused-ring (bicyclic) bond motifs is 1. The number of benzene rings is 1. The van der Waals surface area contributed by atoms with Crippen LogP contribution < -0.4 is 5.32 Å². The monoisotopic (exact) mass is 274 g/mol. The highest BCUT2D eigenvalue weighted by molar-refractivity contribution is 8.01. The zero-order chi connectivity index (χ0) is 12.4. The molecule has 0 saturated heterocycles. The molecule has 0 bridgehead atoms. The van der Waals surface area contributed by atoms with E-state index >= 15 is 0 Å². The van der Waals surface area contributed by atoms with Gasteiger partial charge in [0.25, 0.3) is 0 Å². The molecule has 0 atom stereocenters. The van der Waals surface area contributed by atoms with Gasteiger partial charge in [0.1, 0.15) is 0 Å². The van der Waals surface area contributed by atoms with Crippen molar-refractivity contribution < 1.29 is 0 Å². The molecule has 2 heterocycles. The maximum absolute atomic E-state index is 4.35. The predicted molar refractivity (Wildman–Crippen MR) is 75.3 cm³/mol. The van der Waals surface area contributed by atoms with E-state index in [2.05, 4.69) is 26.6 Å². The lowest BCUT2D eigenvalue weighted by Gasteiger charge is -2.02. The van der Waals surface area contributed by atoms with Crippen LogP contribution in [0.2, 0.25) is 0 Å². The van der Waals surface area contributed by atoms with Gasteiger partial charge in [0.15, 0.2) is 4.34 Å². The standard InChI is InChI=1S/C12H10N4S2/c1-13-11-15-16-12(18-11)17-10-6-7-14-9-5-3-2-4-8(9)10/h2-7H,1H3,(H,13,15). The third kappa shape index (κ3) is 2.16. The first kappa shape index (κ1) is 11.4. The maximum atomic E-state index is 4.35. The Kier molecular flexibility index (Phi) is 3.12. The molecule has 0 unspecified atom stereocenters. The van der Waals surface area contributed by atoms with Gasteiger partial charge >= 0.3 is 0 Å². The minimum absolute atomic E-state index is 0.830. The number of nitrogens with zero attached hydrogens (tertiary/aromatic N) is 3. The molecule has 18 heavy (non-hydrogen) atoms. The van der Waals surface area contributed by atoms with Gasteiger partial charge in [-0.3, -0.25) is 4.98 Å². The van der Waals surface area contributed by atoms with Crippen molar-refractivity contribution in [3.8, 4) is 0 Å². The average Bonchev–Trinajstić information content (AvgIpc) is 2.87. The van der Waals surface area contributed by atoms with Crippen molar-refractivity contribution in [3.63, 3.8) is 0 Å². The van der Waals surface area contributed by atoms with Crippen LogP contribution in [-0.2, 0) is 0 Å². The van der Waals surface area contributed by atoms with Gasteiger partial charge in [-0.1, -0.05) is 41.3 Å². The molecule has 0 aliphatic heterocycles. The number of rotatable bonds is 3. The molecule has 6 heteroatoms. The van der Waals surface area contributed by atoms with Crippen LogP contribution >= 0.6 is 23.1 Å². The van der Waals surface area contributed by atoms with E-state index in [1.807, 2.05) is 37.5 Å². The molecule has 0 aliphatic rings. The Morgan fingerprint density at radius 2 is 2.06 bits per heavy atom. The summed E-state index contributed by atoms with van der Waals surface area (Å²) in [7, 11) is 1.84. The van der Waals surface area contributed by atoms with Crippen LogP contribution in [0.3, 0.4) is 0 Å². The van der Waals surface area contributed by atoms with Crippen LogP contribution in [0.4, 0.5) is 5.13 Å². The Labute approximate surface area is 112 Å². The summed E-state index contributed by atoms with van der Waals surface area (Å²) in [5.41, 5.74) is 1.00. The summed E-state index contributed by atoms with van der Waals surface area (Å²) < 4.78 is 0.927. The third-order valence-corrected chi connectivity index (χ3v) is 4.49.